The summed E-state index contributed by atoms with van der Waals surface area (Å²) in [6.45, 7) is -0.325. The molecule has 0 aliphatic heterocycles. The first-order valence-electron chi connectivity index (χ1n) is 11.7. The van der Waals surface area contributed by atoms with Crippen LogP contribution in [0, 0.1) is 0 Å². The lowest BCUT2D eigenvalue weighted by atomic mass is 10.0. The minimum atomic E-state index is -0.632. The molecule has 198 valence electrons. The summed E-state index contributed by atoms with van der Waals surface area (Å²) in [5.41, 5.74) is 3.36. The monoisotopic (exact) mass is 545 g/mol. The molecule has 0 heterocycles. The molecule has 39 heavy (non-hydrogen) atoms. The minimum Gasteiger partial charge on any atom is -0.493 e. The van der Waals surface area contributed by atoms with E-state index < -0.39 is 17.8 Å². The zero-order valence-corrected chi connectivity index (χ0v) is 21.8. The Hall–Kier alpha value is -4.89. The molecule has 0 fully saturated rings. The van der Waals surface area contributed by atoms with Crippen LogP contribution in [0.25, 0.3) is 10.8 Å². The van der Waals surface area contributed by atoms with Crippen molar-refractivity contribution in [2.24, 2.45) is 5.10 Å². The van der Waals surface area contributed by atoms with Crippen LogP contribution in [-0.4, -0.2) is 44.8 Å². The Labute approximate surface area is 229 Å². The predicted molar refractivity (Wildman–Crippen MR) is 148 cm³/mol. The molecule has 9 nitrogen and oxygen atoms in total. The number of hydrazone groups is 1. The van der Waals surface area contributed by atoms with Gasteiger partial charge in [-0.25, -0.2) is 10.2 Å². The Balaban J connectivity index is 1.46. The highest BCUT2D eigenvalue weighted by molar-refractivity contribution is 6.33. The van der Waals surface area contributed by atoms with Crippen LogP contribution < -0.4 is 25.0 Å². The molecule has 0 saturated heterocycles. The van der Waals surface area contributed by atoms with Gasteiger partial charge in [-0.05, 0) is 47.2 Å². The fourth-order valence-electron chi connectivity index (χ4n) is 3.73. The quantitative estimate of drug-likeness (QED) is 0.137. The molecule has 0 radical (unpaired) electrons. The highest BCUT2D eigenvalue weighted by atomic mass is 35.5. The van der Waals surface area contributed by atoms with Gasteiger partial charge in [0, 0.05) is 11.1 Å². The standard InChI is InChI=1S/C29H24ClN3O6/c1-37-25-14-12-19(15-26(25)38-2)28(35)31-17-27(34)33-32-16-22-20-8-4-3-7-18(20)11-13-24(22)39-29(36)21-9-5-6-10-23(21)30/h3-16H,17H2,1-2H3,(H,31,35)(H,33,34). The Morgan fingerprint density at radius 1 is 0.872 bits per heavy atom. The van der Waals surface area contributed by atoms with Gasteiger partial charge in [0.15, 0.2) is 11.5 Å². The number of esters is 1. The van der Waals surface area contributed by atoms with Crippen LogP contribution >= 0.6 is 11.6 Å². The van der Waals surface area contributed by atoms with Crippen molar-refractivity contribution in [3.63, 3.8) is 0 Å². The number of nitrogens with one attached hydrogen (secondary N) is 2. The van der Waals surface area contributed by atoms with Gasteiger partial charge >= 0.3 is 5.97 Å². The summed E-state index contributed by atoms with van der Waals surface area (Å²) in [4.78, 5) is 37.6. The number of hydrogen-bond donors (Lipinski definition) is 2. The molecule has 0 aromatic heterocycles. The van der Waals surface area contributed by atoms with Crippen LogP contribution in [0.3, 0.4) is 0 Å². The first-order valence-corrected chi connectivity index (χ1v) is 12.1. The van der Waals surface area contributed by atoms with E-state index in [1.165, 1.54) is 26.5 Å². The van der Waals surface area contributed by atoms with Gasteiger partial charge in [0.2, 0.25) is 0 Å². The Bertz CT molecular complexity index is 1570. The highest BCUT2D eigenvalue weighted by Gasteiger charge is 2.16. The number of carbonyl (C=O) groups is 3. The maximum absolute atomic E-state index is 12.8. The number of nitrogens with zero attached hydrogens (tertiary/aromatic N) is 1. The fourth-order valence-corrected chi connectivity index (χ4v) is 3.94. The van der Waals surface area contributed by atoms with Crippen molar-refractivity contribution in [3.05, 3.63) is 101 Å². The van der Waals surface area contributed by atoms with Crippen LogP contribution in [0.4, 0.5) is 0 Å². The molecule has 4 aromatic rings. The lowest BCUT2D eigenvalue weighted by Crippen LogP contribution is -2.34. The molecule has 2 amide bonds. The van der Waals surface area contributed by atoms with E-state index in [9.17, 15) is 14.4 Å². The number of halogens is 1. The van der Waals surface area contributed by atoms with Crippen molar-refractivity contribution in [1.29, 1.82) is 0 Å². The maximum atomic E-state index is 12.8. The van der Waals surface area contributed by atoms with Crippen LogP contribution in [0.2, 0.25) is 5.02 Å². The van der Waals surface area contributed by atoms with Crippen molar-refractivity contribution < 1.29 is 28.6 Å². The smallest absolute Gasteiger partial charge is 0.345 e. The summed E-state index contributed by atoms with van der Waals surface area (Å²) in [6, 6.07) is 22.1. The lowest BCUT2D eigenvalue weighted by Gasteiger charge is -2.11. The predicted octanol–water partition coefficient (Wildman–Crippen LogP) is 4.61. The molecule has 0 spiro atoms. The second kappa shape index (κ2) is 12.6. The number of benzene rings is 4. The van der Waals surface area contributed by atoms with Gasteiger partial charge in [-0.2, -0.15) is 5.10 Å². The van der Waals surface area contributed by atoms with E-state index in [-0.39, 0.29) is 22.9 Å². The normalized spacial score (nSPS) is 10.7. The van der Waals surface area contributed by atoms with E-state index in [2.05, 4.69) is 15.8 Å². The molecule has 2 N–H and O–H groups in total. The largest absolute Gasteiger partial charge is 0.493 e. The minimum absolute atomic E-state index is 0.216. The zero-order valence-electron chi connectivity index (χ0n) is 21.1. The van der Waals surface area contributed by atoms with Crippen molar-refractivity contribution >= 4 is 46.4 Å². The van der Waals surface area contributed by atoms with E-state index in [4.69, 9.17) is 25.8 Å². The third-order valence-corrected chi connectivity index (χ3v) is 5.99. The Morgan fingerprint density at radius 2 is 1.59 bits per heavy atom. The third-order valence-electron chi connectivity index (χ3n) is 5.67. The molecule has 0 saturated carbocycles. The van der Waals surface area contributed by atoms with Crippen LogP contribution in [-0.2, 0) is 4.79 Å². The van der Waals surface area contributed by atoms with Crippen molar-refractivity contribution in [2.45, 2.75) is 0 Å². The lowest BCUT2D eigenvalue weighted by molar-refractivity contribution is -0.120. The van der Waals surface area contributed by atoms with E-state index in [1.807, 2.05) is 30.3 Å². The summed E-state index contributed by atoms with van der Waals surface area (Å²) < 4.78 is 16.0. The van der Waals surface area contributed by atoms with E-state index in [1.54, 1.807) is 42.5 Å². The second-order valence-corrected chi connectivity index (χ2v) is 8.52. The number of ether oxygens (including phenoxy) is 3. The zero-order chi connectivity index (χ0) is 27.8. The molecular formula is C29H24ClN3O6. The number of methoxy groups -OCH3 is 2. The number of rotatable bonds is 9. The molecule has 0 aliphatic carbocycles. The van der Waals surface area contributed by atoms with E-state index in [0.29, 0.717) is 22.6 Å². The number of carbonyl (C=O) groups excluding carboxylic acids is 3. The number of fused-ring (bicyclic) bond motifs is 1. The topological polar surface area (TPSA) is 115 Å². The summed E-state index contributed by atoms with van der Waals surface area (Å²) in [5.74, 6) is -0.564. The number of amides is 2. The van der Waals surface area contributed by atoms with Gasteiger partial charge in [-0.3, -0.25) is 9.59 Å². The first-order chi connectivity index (χ1) is 18.9. The fraction of sp³-hybridized carbons (Fsp3) is 0.103. The first kappa shape index (κ1) is 27.2. The van der Waals surface area contributed by atoms with Gasteiger partial charge in [0.05, 0.1) is 37.6 Å². The molecule has 0 aliphatic rings. The average molecular weight is 546 g/mol. The Kier molecular flexibility index (Phi) is 8.75. The summed E-state index contributed by atoms with van der Waals surface area (Å²) in [5, 5.41) is 8.44. The van der Waals surface area contributed by atoms with Crippen molar-refractivity contribution in [1.82, 2.24) is 10.7 Å². The van der Waals surface area contributed by atoms with E-state index >= 15 is 0 Å². The Morgan fingerprint density at radius 3 is 2.36 bits per heavy atom. The van der Waals surface area contributed by atoms with Crippen LogP contribution in [0.5, 0.6) is 17.2 Å². The van der Waals surface area contributed by atoms with Gasteiger partial charge in [-0.1, -0.05) is 54.1 Å². The van der Waals surface area contributed by atoms with Gasteiger partial charge in [0.25, 0.3) is 11.8 Å². The van der Waals surface area contributed by atoms with Crippen molar-refractivity contribution in [2.75, 3.05) is 20.8 Å². The second-order valence-electron chi connectivity index (χ2n) is 8.11. The molecule has 0 atom stereocenters. The SMILES string of the molecule is COc1ccc(C(=O)NCC(=O)NN=Cc2c(OC(=O)c3ccccc3Cl)ccc3ccccc23)cc1OC. The molecule has 4 aromatic carbocycles. The van der Waals surface area contributed by atoms with Crippen molar-refractivity contribution in [3.8, 4) is 17.2 Å². The third kappa shape index (κ3) is 6.52. The van der Waals surface area contributed by atoms with Crippen LogP contribution in [0.1, 0.15) is 26.3 Å². The maximum Gasteiger partial charge on any atom is 0.345 e. The van der Waals surface area contributed by atoms with Gasteiger partial charge in [-0.15, -0.1) is 0 Å². The highest BCUT2D eigenvalue weighted by Crippen LogP contribution is 2.29. The number of hydrogen-bond acceptors (Lipinski definition) is 7. The summed E-state index contributed by atoms with van der Waals surface area (Å²) in [7, 11) is 2.96. The molecule has 0 unspecified atom stereocenters. The van der Waals surface area contributed by atoms with E-state index in [0.717, 1.165) is 10.8 Å². The van der Waals surface area contributed by atoms with Gasteiger partial charge < -0.3 is 19.5 Å². The molecule has 10 heteroatoms. The average Bonchev–Trinajstić information content (AvgIpc) is 2.96. The summed E-state index contributed by atoms with van der Waals surface area (Å²) >= 11 is 6.14. The molecular weight excluding hydrogens is 522 g/mol. The molecule has 4 rings (SSSR count). The molecule has 0 bridgehead atoms. The summed E-state index contributed by atoms with van der Waals surface area (Å²) in [6.07, 6.45) is 1.38. The van der Waals surface area contributed by atoms with Gasteiger partial charge in [0.1, 0.15) is 5.75 Å². The van der Waals surface area contributed by atoms with Crippen LogP contribution in [0.15, 0.2) is 84.0 Å².